The molecule has 0 aliphatic rings. The third-order valence-corrected chi connectivity index (χ3v) is 7.10. The van der Waals surface area contributed by atoms with Gasteiger partial charge < -0.3 is 10.1 Å². The summed E-state index contributed by atoms with van der Waals surface area (Å²) in [6, 6.07) is 17.6. The van der Waals surface area contributed by atoms with Crippen molar-refractivity contribution in [1.82, 2.24) is 5.32 Å². The summed E-state index contributed by atoms with van der Waals surface area (Å²) < 4.78 is 32.4. The van der Waals surface area contributed by atoms with Crippen molar-refractivity contribution in [1.29, 1.82) is 0 Å². The van der Waals surface area contributed by atoms with Gasteiger partial charge in [-0.05, 0) is 48.2 Å². The predicted molar refractivity (Wildman–Crippen MR) is 120 cm³/mol. The molecule has 7 nitrogen and oxygen atoms in total. The third kappa shape index (κ3) is 6.16. The second kappa shape index (κ2) is 10.2. The van der Waals surface area contributed by atoms with Gasteiger partial charge in [0.1, 0.15) is 10.3 Å². The van der Waals surface area contributed by atoms with Crippen LogP contribution in [0, 0.1) is 0 Å². The van der Waals surface area contributed by atoms with Gasteiger partial charge in [0.05, 0.1) is 6.61 Å². The minimum Gasteiger partial charge on any atom is -0.464 e. The molecule has 1 unspecified atom stereocenters. The molecule has 0 aliphatic carbocycles. The zero-order valence-corrected chi connectivity index (χ0v) is 18.4. The van der Waals surface area contributed by atoms with Crippen LogP contribution in [0.4, 0.5) is 5.69 Å². The molecular weight excluding hydrogens is 436 g/mol. The molecular formula is C22H22N2O5S2. The van der Waals surface area contributed by atoms with E-state index in [2.05, 4.69) is 10.0 Å². The molecule has 0 spiro atoms. The number of hydrogen-bond acceptors (Lipinski definition) is 6. The summed E-state index contributed by atoms with van der Waals surface area (Å²) >= 11 is 1.11. The van der Waals surface area contributed by atoms with Gasteiger partial charge >= 0.3 is 5.97 Å². The van der Waals surface area contributed by atoms with Gasteiger partial charge in [-0.2, -0.15) is 0 Å². The molecule has 1 atom stereocenters. The number of nitrogens with one attached hydrogen (secondary N) is 2. The zero-order valence-electron chi connectivity index (χ0n) is 16.8. The quantitative estimate of drug-likeness (QED) is 0.478. The second-order valence-corrected chi connectivity index (χ2v) is 9.44. The lowest BCUT2D eigenvalue weighted by Crippen LogP contribution is -2.43. The molecule has 3 rings (SSSR count). The van der Waals surface area contributed by atoms with E-state index in [0.717, 1.165) is 16.9 Å². The van der Waals surface area contributed by atoms with Gasteiger partial charge in [0.15, 0.2) is 0 Å². The van der Waals surface area contributed by atoms with E-state index in [4.69, 9.17) is 4.74 Å². The molecule has 1 heterocycles. The van der Waals surface area contributed by atoms with Crippen LogP contribution in [0.1, 0.15) is 22.8 Å². The van der Waals surface area contributed by atoms with E-state index in [-0.39, 0.29) is 10.8 Å². The van der Waals surface area contributed by atoms with E-state index in [1.807, 2.05) is 30.3 Å². The molecule has 0 aliphatic heterocycles. The molecule has 0 fully saturated rings. The lowest BCUT2D eigenvalue weighted by atomic mass is 10.1. The summed E-state index contributed by atoms with van der Waals surface area (Å²) in [7, 11) is -3.67. The molecule has 0 saturated carbocycles. The average molecular weight is 459 g/mol. The van der Waals surface area contributed by atoms with Crippen LogP contribution in [-0.4, -0.2) is 32.9 Å². The highest BCUT2D eigenvalue weighted by atomic mass is 32.2. The second-order valence-electron chi connectivity index (χ2n) is 6.58. The highest BCUT2D eigenvalue weighted by molar-refractivity contribution is 7.94. The van der Waals surface area contributed by atoms with Gasteiger partial charge in [0, 0.05) is 17.7 Å². The fourth-order valence-corrected chi connectivity index (χ4v) is 4.89. The van der Waals surface area contributed by atoms with Crippen molar-refractivity contribution in [3.63, 3.8) is 0 Å². The molecule has 2 aromatic carbocycles. The first-order valence-corrected chi connectivity index (χ1v) is 11.9. The molecule has 0 saturated heterocycles. The third-order valence-electron chi connectivity index (χ3n) is 4.32. The number of rotatable bonds is 9. The van der Waals surface area contributed by atoms with Gasteiger partial charge in [0.2, 0.25) is 0 Å². The predicted octanol–water partition coefficient (Wildman–Crippen LogP) is 3.45. The summed E-state index contributed by atoms with van der Waals surface area (Å²) in [5, 5.41) is 4.38. The normalized spacial score (nSPS) is 12.0. The summed E-state index contributed by atoms with van der Waals surface area (Å²) in [6.45, 7) is 1.91. The van der Waals surface area contributed by atoms with E-state index in [0.29, 0.717) is 17.7 Å². The first-order chi connectivity index (χ1) is 14.9. The molecule has 2 N–H and O–H groups in total. The van der Waals surface area contributed by atoms with E-state index in [9.17, 15) is 18.0 Å². The lowest BCUT2D eigenvalue weighted by Gasteiger charge is -2.17. The largest absolute Gasteiger partial charge is 0.464 e. The molecule has 162 valence electrons. The zero-order chi connectivity index (χ0) is 22.3. The van der Waals surface area contributed by atoms with Gasteiger partial charge in [0.25, 0.3) is 15.9 Å². The van der Waals surface area contributed by atoms with E-state index in [1.54, 1.807) is 18.4 Å². The summed E-state index contributed by atoms with van der Waals surface area (Å²) in [5.74, 6) is -0.971. The fourth-order valence-electron chi connectivity index (χ4n) is 2.84. The van der Waals surface area contributed by atoms with Crippen molar-refractivity contribution >= 4 is 38.9 Å². The molecule has 1 amide bonds. The van der Waals surface area contributed by atoms with Gasteiger partial charge in [-0.1, -0.05) is 36.4 Å². The minimum atomic E-state index is -3.67. The Hall–Kier alpha value is -3.17. The molecule has 31 heavy (non-hydrogen) atoms. The maximum absolute atomic E-state index is 12.7. The van der Waals surface area contributed by atoms with Crippen molar-refractivity contribution in [3.05, 3.63) is 83.2 Å². The Bertz CT molecular complexity index is 1110. The summed E-state index contributed by atoms with van der Waals surface area (Å²) in [6.07, 6.45) is 0.296. The Kier molecular flexibility index (Phi) is 7.43. The van der Waals surface area contributed by atoms with Crippen LogP contribution < -0.4 is 10.0 Å². The molecule has 3 aromatic rings. The van der Waals surface area contributed by atoms with Crippen LogP contribution in [0.15, 0.2) is 76.3 Å². The SMILES string of the molecule is CCOC(=O)C(Cc1ccccc1)NC(=O)c1ccc(NS(=O)(=O)c2cccs2)cc1. The average Bonchev–Trinajstić information content (AvgIpc) is 3.30. The van der Waals surface area contributed by atoms with E-state index in [1.165, 1.54) is 30.3 Å². The first-order valence-electron chi connectivity index (χ1n) is 9.57. The maximum atomic E-state index is 12.7. The standard InChI is InChI=1S/C22H22N2O5S2/c1-2-29-22(26)19(15-16-7-4-3-5-8-16)23-21(25)17-10-12-18(13-11-17)24-31(27,28)20-9-6-14-30-20/h3-14,19,24H,2,15H2,1H3,(H,23,25). The van der Waals surface area contributed by atoms with Crippen molar-refractivity contribution in [2.45, 2.75) is 23.6 Å². The molecule has 9 heteroatoms. The van der Waals surface area contributed by atoms with Crippen molar-refractivity contribution in [2.24, 2.45) is 0 Å². The van der Waals surface area contributed by atoms with Crippen molar-refractivity contribution in [2.75, 3.05) is 11.3 Å². The van der Waals surface area contributed by atoms with Gasteiger partial charge in [-0.3, -0.25) is 9.52 Å². The lowest BCUT2D eigenvalue weighted by molar-refractivity contribution is -0.145. The Morgan fingerprint density at radius 3 is 2.32 bits per heavy atom. The minimum absolute atomic E-state index is 0.201. The highest BCUT2D eigenvalue weighted by Gasteiger charge is 2.23. The van der Waals surface area contributed by atoms with Crippen LogP contribution in [-0.2, 0) is 26.0 Å². The first kappa shape index (κ1) is 22.5. The Labute approximate surface area is 185 Å². The van der Waals surface area contributed by atoms with Crippen molar-refractivity contribution in [3.8, 4) is 0 Å². The number of thiophene rings is 1. The Morgan fingerprint density at radius 2 is 1.71 bits per heavy atom. The van der Waals surface area contributed by atoms with Gasteiger partial charge in [-0.25, -0.2) is 13.2 Å². The van der Waals surface area contributed by atoms with Crippen LogP contribution >= 0.6 is 11.3 Å². The van der Waals surface area contributed by atoms with Gasteiger partial charge in [-0.15, -0.1) is 11.3 Å². The Balaban J connectivity index is 1.69. The summed E-state index contributed by atoms with van der Waals surface area (Å²) in [4.78, 5) is 25.0. The van der Waals surface area contributed by atoms with E-state index >= 15 is 0 Å². The van der Waals surface area contributed by atoms with Crippen LogP contribution in [0.25, 0.3) is 0 Å². The van der Waals surface area contributed by atoms with E-state index < -0.39 is 27.9 Å². The monoisotopic (exact) mass is 458 g/mol. The number of sulfonamides is 1. The van der Waals surface area contributed by atoms with Crippen LogP contribution in [0.2, 0.25) is 0 Å². The van der Waals surface area contributed by atoms with Crippen LogP contribution in [0.3, 0.4) is 0 Å². The number of amides is 1. The smallest absolute Gasteiger partial charge is 0.328 e. The van der Waals surface area contributed by atoms with Crippen LogP contribution in [0.5, 0.6) is 0 Å². The van der Waals surface area contributed by atoms with Crippen molar-refractivity contribution < 1.29 is 22.7 Å². The number of esters is 1. The maximum Gasteiger partial charge on any atom is 0.328 e. The molecule has 1 aromatic heterocycles. The Morgan fingerprint density at radius 1 is 1.00 bits per heavy atom. The number of anilines is 1. The molecule has 0 radical (unpaired) electrons. The topological polar surface area (TPSA) is 102 Å². The highest BCUT2D eigenvalue weighted by Crippen LogP contribution is 2.20. The number of hydrogen-bond donors (Lipinski definition) is 2. The number of benzene rings is 2. The number of ether oxygens (including phenoxy) is 1. The fraction of sp³-hybridized carbons (Fsp3) is 0.182. The molecule has 0 bridgehead atoms. The number of carbonyl (C=O) groups is 2. The summed E-state index contributed by atoms with van der Waals surface area (Å²) in [5.41, 5.74) is 1.51. The number of carbonyl (C=O) groups excluding carboxylic acids is 2.